The largest absolute Gasteiger partial charge is 0.491 e. The Balaban J connectivity index is 2.72. The van der Waals surface area contributed by atoms with Gasteiger partial charge in [0.05, 0.1) is 6.10 Å². The maximum absolute atomic E-state index is 10.5. The van der Waals surface area contributed by atoms with E-state index in [4.69, 9.17) is 4.74 Å². The molecule has 65 valence electrons. The first-order valence-electron chi connectivity index (χ1n) is 4.06. The molecular weight excluding hydrogens is 152 g/mol. The lowest BCUT2D eigenvalue weighted by Gasteiger charge is -2.09. The molecular formula is C10H13O2. The van der Waals surface area contributed by atoms with Crippen molar-refractivity contribution < 1.29 is 9.84 Å². The third kappa shape index (κ3) is 2.55. The molecule has 0 aliphatic heterocycles. The van der Waals surface area contributed by atoms with Crippen molar-refractivity contribution in [3.63, 3.8) is 0 Å². The summed E-state index contributed by atoms with van der Waals surface area (Å²) in [5.41, 5.74) is 0.771. The van der Waals surface area contributed by atoms with E-state index in [1.165, 1.54) is 0 Å². The zero-order chi connectivity index (χ0) is 8.97. The van der Waals surface area contributed by atoms with E-state index in [2.05, 4.69) is 0 Å². The van der Waals surface area contributed by atoms with Crippen LogP contribution in [-0.4, -0.2) is 6.10 Å². The standard InChI is InChI=1S/C10H13O2/c1-8(2)12-10-5-3-4-9(6-10)7-11/h3-6,8H,7H2,1-2H3. The lowest BCUT2D eigenvalue weighted by molar-refractivity contribution is 0.176. The summed E-state index contributed by atoms with van der Waals surface area (Å²) < 4.78 is 5.42. The Hall–Kier alpha value is -1.02. The van der Waals surface area contributed by atoms with Gasteiger partial charge in [-0.25, -0.2) is 5.11 Å². The number of rotatable bonds is 3. The molecule has 1 aromatic rings. The van der Waals surface area contributed by atoms with Crippen molar-refractivity contribution in [1.82, 2.24) is 0 Å². The number of hydrogen-bond donors (Lipinski definition) is 0. The van der Waals surface area contributed by atoms with E-state index >= 15 is 0 Å². The Morgan fingerprint density at radius 1 is 1.42 bits per heavy atom. The first-order chi connectivity index (χ1) is 5.72. The predicted molar refractivity (Wildman–Crippen MR) is 46.6 cm³/mol. The molecule has 0 heterocycles. The van der Waals surface area contributed by atoms with Crippen LogP contribution in [0.1, 0.15) is 19.4 Å². The summed E-state index contributed by atoms with van der Waals surface area (Å²) >= 11 is 0. The van der Waals surface area contributed by atoms with Crippen molar-refractivity contribution in [3.8, 4) is 5.75 Å². The van der Waals surface area contributed by atoms with E-state index in [0.29, 0.717) is 0 Å². The summed E-state index contributed by atoms with van der Waals surface area (Å²) in [7, 11) is 0. The molecule has 1 rings (SSSR count). The number of benzene rings is 1. The van der Waals surface area contributed by atoms with Gasteiger partial charge in [-0.2, -0.15) is 0 Å². The Morgan fingerprint density at radius 3 is 2.75 bits per heavy atom. The monoisotopic (exact) mass is 165 g/mol. The highest BCUT2D eigenvalue weighted by atomic mass is 16.5. The molecule has 0 bridgehead atoms. The Kier molecular flexibility index (Phi) is 3.11. The molecule has 2 heteroatoms. The van der Waals surface area contributed by atoms with Gasteiger partial charge in [0, 0.05) is 0 Å². The first-order valence-corrected chi connectivity index (χ1v) is 4.06. The van der Waals surface area contributed by atoms with Gasteiger partial charge in [0.25, 0.3) is 0 Å². The highest BCUT2D eigenvalue weighted by Crippen LogP contribution is 2.14. The highest BCUT2D eigenvalue weighted by Gasteiger charge is 1.98. The van der Waals surface area contributed by atoms with Gasteiger partial charge in [0.1, 0.15) is 12.4 Å². The lowest BCUT2D eigenvalue weighted by Crippen LogP contribution is -2.05. The molecule has 0 saturated heterocycles. The predicted octanol–water partition coefficient (Wildman–Crippen LogP) is 2.40. The zero-order valence-electron chi connectivity index (χ0n) is 7.41. The summed E-state index contributed by atoms with van der Waals surface area (Å²) in [5.74, 6) is 0.776. The molecule has 0 saturated carbocycles. The van der Waals surface area contributed by atoms with E-state index < -0.39 is 0 Å². The second kappa shape index (κ2) is 4.12. The number of ether oxygens (including phenoxy) is 1. The second-order valence-corrected chi connectivity index (χ2v) is 2.96. The van der Waals surface area contributed by atoms with Gasteiger partial charge in [0.2, 0.25) is 0 Å². The lowest BCUT2D eigenvalue weighted by atomic mass is 10.2. The van der Waals surface area contributed by atoms with Crippen LogP contribution in [0.25, 0.3) is 0 Å². The molecule has 1 aromatic carbocycles. The van der Waals surface area contributed by atoms with Gasteiger partial charge < -0.3 is 4.74 Å². The van der Waals surface area contributed by atoms with Crippen molar-refractivity contribution in [2.45, 2.75) is 26.6 Å². The van der Waals surface area contributed by atoms with Crippen molar-refractivity contribution in [2.24, 2.45) is 0 Å². The van der Waals surface area contributed by atoms with Gasteiger partial charge in [-0.05, 0) is 31.5 Å². The van der Waals surface area contributed by atoms with E-state index in [1.807, 2.05) is 26.0 Å². The Bertz CT molecular complexity index is 243. The minimum Gasteiger partial charge on any atom is -0.491 e. The fraction of sp³-hybridized carbons (Fsp3) is 0.400. The van der Waals surface area contributed by atoms with Gasteiger partial charge >= 0.3 is 0 Å². The van der Waals surface area contributed by atoms with E-state index in [-0.39, 0.29) is 12.7 Å². The molecule has 0 fully saturated rings. The third-order valence-corrected chi connectivity index (χ3v) is 1.44. The Labute approximate surface area is 72.8 Å². The minimum absolute atomic E-state index is 0.159. The first kappa shape index (κ1) is 9.07. The molecule has 0 aliphatic carbocycles. The van der Waals surface area contributed by atoms with E-state index in [9.17, 15) is 5.11 Å². The van der Waals surface area contributed by atoms with Crippen LogP contribution in [0.4, 0.5) is 0 Å². The molecule has 12 heavy (non-hydrogen) atoms. The fourth-order valence-corrected chi connectivity index (χ4v) is 0.981. The highest BCUT2D eigenvalue weighted by molar-refractivity contribution is 5.28. The summed E-state index contributed by atoms with van der Waals surface area (Å²) in [6, 6.07) is 7.29. The Morgan fingerprint density at radius 2 is 2.17 bits per heavy atom. The molecule has 0 aromatic heterocycles. The second-order valence-electron chi connectivity index (χ2n) is 2.96. The van der Waals surface area contributed by atoms with Gasteiger partial charge in [0.15, 0.2) is 0 Å². The molecule has 1 radical (unpaired) electrons. The number of hydrogen-bond acceptors (Lipinski definition) is 1. The van der Waals surface area contributed by atoms with Crippen molar-refractivity contribution >= 4 is 0 Å². The van der Waals surface area contributed by atoms with E-state index in [0.717, 1.165) is 11.3 Å². The molecule has 0 spiro atoms. The maximum Gasteiger partial charge on any atom is 0.120 e. The van der Waals surface area contributed by atoms with Crippen LogP contribution in [-0.2, 0) is 11.7 Å². The van der Waals surface area contributed by atoms with Crippen molar-refractivity contribution in [2.75, 3.05) is 0 Å². The minimum atomic E-state index is -0.185. The van der Waals surface area contributed by atoms with Gasteiger partial charge in [-0.15, -0.1) is 0 Å². The topological polar surface area (TPSA) is 29.1 Å². The van der Waals surface area contributed by atoms with Crippen LogP contribution in [0.3, 0.4) is 0 Å². The summed E-state index contributed by atoms with van der Waals surface area (Å²) in [4.78, 5) is 0. The molecule has 0 N–H and O–H groups in total. The van der Waals surface area contributed by atoms with Crippen LogP contribution in [0.5, 0.6) is 5.75 Å². The molecule has 0 aliphatic rings. The van der Waals surface area contributed by atoms with Crippen molar-refractivity contribution in [1.29, 1.82) is 0 Å². The molecule has 0 unspecified atom stereocenters. The summed E-state index contributed by atoms with van der Waals surface area (Å²) in [5, 5.41) is 10.5. The van der Waals surface area contributed by atoms with Gasteiger partial charge in [-0.3, -0.25) is 0 Å². The normalized spacial score (nSPS) is 10.3. The van der Waals surface area contributed by atoms with Crippen LogP contribution >= 0.6 is 0 Å². The van der Waals surface area contributed by atoms with Crippen LogP contribution < -0.4 is 4.74 Å². The van der Waals surface area contributed by atoms with Crippen LogP contribution in [0.2, 0.25) is 0 Å². The summed E-state index contributed by atoms with van der Waals surface area (Å²) in [6.45, 7) is 3.74. The molecule has 0 atom stereocenters. The van der Waals surface area contributed by atoms with Crippen molar-refractivity contribution in [3.05, 3.63) is 29.8 Å². The third-order valence-electron chi connectivity index (χ3n) is 1.44. The molecule has 2 nitrogen and oxygen atoms in total. The van der Waals surface area contributed by atoms with Gasteiger partial charge in [-0.1, -0.05) is 12.1 Å². The quantitative estimate of drug-likeness (QED) is 0.676. The average Bonchev–Trinajstić information content (AvgIpc) is 2.03. The zero-order valence-corrected chi connectivity index (χ0v) is 7.41. The maximum atomic E-state index is 10.5. The van der Waals surface area contributed by atoms with E-state index in [1.54, 1.807) is 12.1 Å². The van der Waals surface area contributed by atoms with Crippen LogP contribution in [0.15, 0.2) is 24.3 Å². The smallest absolute Gasteiger partial charge is 0.120 e. The average molecular weight is 165 g/mol. The fourth-order valence-electron chi connectivity index (χ4n) is 0.981. The summed E-state index contributed by atoms with van der Waals surface area (Å²) in [6.07, 6.45) is 0.159. The van der Waals surface area contributed by atoms with Crippen LogP contribution in [0, 0.1) is 0 Å². The molecule has 0 amide bonds. The SMILES string of the molecule is CC(C)Oc1cccc(C[O])c1.